The number of carboxylic acids is 1. The van der Waals surface area contributed by atoms with Gasteiger partial charge in [-0.3, -0.25) is 9.58 Å². The van der Waals surface area contributed by atoms with Crippen LogP contribution in [-0.4, -0.2) is 78.0 Å². The van der Waals surface area contributed by atoms with E-state index in [9.17, 15) is 27.5 Å². The number of aromatic carboxylic acids is 1. The summed E-state index contributed by atoms with van der Waals surface area (Å²) in [4.78, 5) is 17.9. The monoisotopic (exact) mass is 629 g/mol. The number of benzene rings is 2. The molecule has 2 fully saturated rings. The molecule has 1 N–H and O–H groups in total. The SMILES string of the molecule is Cl.O=C(O)c1cnn(C2CCCN(c3cc(Cl)ccc3-c3ccc(N4CCN(CCC(F)F)CC4)cc3)C2)c1C(F)F. The first kappa shape index (κ1) is 31.9. The summed E-state index contributed by atoms with van der Waals surface area (Å²) >= 11 is 6.40. The van der Waals surface area contributed by atoms with Gasteiger partial charge in [0.1, 0.15) is 11.3 Å². The van der Waals surface area contributed by atoms with Crippen molar-refractivity contribution < 1.29 is 27.5 Å². The average Bonchev–Trinajstić information content (AvgIpc) is 3.43. The zero-order valence-electron chi connectivity index (χ0n) is 22.8. The molecule has 228 valence electrons. The minimum absolute atomic E-state index is 0. The number of anilines is 2. The highest BCUT2D eigenvalue weighted by molar-refractivity contribution is 6.31. The van der Waals surface area contributed by atoms with Gasteiger partial charge in [-0.25, -0.2) is 22.4 Å². The second kappa shape index (κ2) is 14.0. The Hall–Kier alpha value is -3.02. The van der Waals surface area contributed by atoms with E-state index >= 15 is 0 Å². The van der Waals surface area contributed by atoms with Gasteiger partial charge in [0.25, 0.3) is 6.43 Å². The van der Waals surface area contributed by atoms with Crippen LogP contribution in [0.5, 0.6) is 0 Å². The lowest BCUT2D eigenvalue weighted by atomic mass is 9.99. The van der Waals surface area contributed by atoms with Gasteiger partial charge in [0.05, 0.1) is 12.2 Å². The van der Waals surface area contributed by atoms with Gasteiger partial charge in [0, 0.05) is 74.2 Å². The average molecular weight is 631 g/mol. The summed E-state index contributed by atoms with van der Waals surface area (Å²) in [5.41, 5.74) is 2.80. The summed E-state index contributed by atoms with van der Waals surface area (Å²) in [6, 6.07) is 13.4. The molecule has 7 nitrogen and oxygen atoms in total. The van der Waals surface area contributed by atoms with Crippen molar-refractivity contribution in [3.63, 3.8) is 0 Å². The van der Waals surface area contributed by atoms with Crippen LogP contribution >= 0.6 is 24.0 Å². The Bertz CT molecular complexity index is 1350. The van der Waals surface area contributed by atoms with Crippen LogP contribution in [0.1, 0.15) is 47.8 Å². The topological polar surface area (TPSA) is 64.8 Å². The van der Waals surface area contributed by atoms with Crippen molar-refractivity contribution in [2.24, 2.45) is 0 Å². The molecule has 3 aromatic rings. The second-order valence-corrected chi connectivity index (χ2v) is 10.9. The number of rotatable bonds is 9. The van der Waals surface area contributed by atoms with Gasteiger partial charge in [0.15, 0.2) is 0 Å². The van der Waals surface area contributed by atoms with Crippen molar-refractivity contribution in [3.05, 3.63) is 64.9 Å². The first-order valence-electron chi connectivity index (χ1n) is 13.7. The van der Waals surface area contributed by atoms with Gasteiger partial charge in [-0.05, 0) is 42.7 Å². The molecule has 0 saturated carbocycles. The van der Waals surface area contributed by atoms with Crippen molar-refractivity contribution in [2.75, 3.05) is 55.6 Å². The summed E-state index contributed by atoms with van der Waals surface area (Å²) in [5.74, 6) is -1.42. The predicted octanol–water partition coefficient (Wildman–Crippen LogP) is 6.88. The van der Waals surface area contributed by atoms with Crippen molar-refractivity contribution in [1.29, 1.82) is 0 Å². The molecule has 0 spiro atoms. The number of hydrogen-bond acceptors (Lipinski definition) is 5. The summed E-state index contributed by atoms with van der Waals surface area (Å²) in [6.45, 7) is 4.48. The molecule has 2 aliphatic rings. The number of alkyl halides is 4. The molecule has 0 amide bonds. The zero-order valence-corrected chi connectivity index (χ0v) is 24.4. The number of nitrogens with zero attached hydrogens (tertiary/aromatic N) is 5. The van der Waals surface area contributed by atoms with Crippen LogP contribution in [0.3, 0.4) is 0 Å². The van der Waals surface area contributed by atoms with Crippen LogP contribution in [0.2, 0.25) is 5.02 Å². The third-order valence-electron chi connectivity index (χ3n) is 7.89. The fraction of sp³-hybridized carbons (Fsp3) is 0.448. The van der Waals surface area contributed by atoms with Gasteiger partial charge in [0.2, 0.25) is 6.43 Å². The normalized spacial score (nSPS) is 18.0. The molecule has 13 heteroatoms. The van der Waals surface area contributed by atoms with Crippen LogP contribution in [0.15, 0.2) is 48.7 Å². The van der Waals surface area contributed by atoms with Crippen LogP contribution in [0.25, 0.3) is 11.1 Å². The third kappa shape index (κ3) is 7.12. The van der Waals surface area contributed by atoms with Crippen molar-refractivity contribution in [2.45, 2.75) is 38.2 Å². The Labute approximate surface area is 253 Å². The minimum Gasteiger partial charge on any atom is -0.478 e. The Morgan fingerprint density at radius 1 is 1.00 bits per heavy atom. The van der Waals surface area contributed by atoms with E-state index in [4.69, 9.17) is 11.6 Å². The number of aromatic nitrogens is 2. The molecule has 1 unspecified atom stereocenters. The maximum Gasteiger partial charge on any atom is 0.339 e. The van der Waals surface area contributed by atoms with E-state index < -0.39 is 36.1 Å². The van der Waals surface area contributed by atoms with Gasteiger partial charge >= 0.3 is 5.97 Å². The Kier molecular flexibility index (Phi) is 10.6. The molecule has 0 bridgehead atoms. The third-order valence-corrected chi connectivity index (χ3v) is 8.13. The molecular weight excluding hydrogens is 597 g/mol. The number of carbonyl (C=O) groups is 1. The number of halogens is 6. The van der Waals surface area contributed by atoms with E-state index in [1.54, 1.807) is 0 Å². The first-order chi connectivity index (χ1) is 19.7. The van der Waals surface area contributed by atoms with Crippen LogP contribution in [0.4, 0.5) is 28.9 Å². The second-order valence-electron chi connectivity index (χ2n) is 10.5. The van der Waals surface area contributed by atoms with Gasteiger partial charge < -0.3 is 14.9 Å². The van der Waals surface area contributed by atoms with E-state index in [2.05, 4.69) is 19.8 Å². The maximum absolute atomic E-state index is 13.9. The number of piperidine rings is 1. The molecule has 5 rings (SSSR count). The summed E-state index contributed by atoms with van der Waals surface area (Å²) < 4.78 is 54.0. The fourth-order valence-corrected chi connectivity index (χ4v) is 5.96. The molecule has 1 atom stereocenters. The van der Waals surface area contributed by atoms with E-state index in [0.29, 0.717) is 37.5 Å². The summed E-state index contributed by atoms with van der Waals surface area (Å²) in [7, 11) is 0. The van der Waals surface area contributed by atoms with Gasteiger partial charge in [-0.1, -0.05) is 29.8 Å². The first-order valence-corrected chi connectivity index (χ1v) is 14.1. The highest BCUT2D eigenvalue weighted by Gasteiger charge is 2.31. The van der Waals surface area contributed by atoms with Crippen LogP contribution < -0.4 is 9.80 Å². The number of piperazine rings is 1. The molecule has 2 aromatic carbocycles. The van der Waals surface area contributed by atoms with Crippen molar-refractivity contribution in [3.8, 4) is 11.1 Å². The van der Waals surface area contributed by atoms with Crippen molar-refractivity contribution >= 4 is 41.4 Å². The van der Waals surface area contributed by atoms with Crippen LogP contribution in [-0.2, 0) is 0 Å². The molecule has 0 radical (unpaired) electrons. The van der Waals surface area contributed by atoms with E-state index in [-0.39, 0.29) is 18.8 Å². The number of carboxylic acid groups (broad SMARTS) is 1. The predicted molar refractivity (Wildman–Crippen MR) is 158 cm³/mol. The smallest absolute Gasteiger partial charge is 0.339 e. The van der Waals surface area contributed by atoms with Gasteiger partial charge in [-0.2, -0.15) is 5.10 Å². The molecule has 2 saturated heterocycles. The molecule has 1 aromatic heterocycles. The Morgan fingerprint density at radius 3 is 2.36 bits per heavy atom. The Balaban J connectivity index is 0.00000405. The van der Waals surface area contributed by atoms with Crippen LogP contribution in [0, 0.1) is 0 Å². The standard InChI is InChI=1S/C29H32ClF4N5O2.ClH/c30-20-5-8-23(19-3-6-21(7-4-19)37-14-12-36(13-15-37)11-9-26(31)32)25(16-20)38-10-1-2-22(18-38)39-27(28(33)34)24(17-35-39)29(40)41;/h3-8,16-17,22,26,28H,1-2,9-15,18H2,(H,40,41);1H. The van der Waals surface area contributed by atoms with E-state index in [0.717, 1.165) is 54.9 Å². The largest absolute Gasteiger partial charge is 0.478 e. The highest BCUT2D eigenvalue weighted by atomic mass is 35.5. The lowest BCUT2D eigenvalue weighted by Crippen LogP contribution is -2.46. The van der Waals surface area contributed by atoms with Crippen molar-refractivity contribution in [1.82, 2.24) is 14.7 Å². The lowest BCUT2D eigenvalue weighted by Gasteiger charge is -2.37. The molecule has 3 heterocycles. The molecular formula is C29H33Cl2F4N5O2. The highest BCUT2D eigenvalue weighted by Crippen LogP contribution is 2.38. The quantitative estimate of drug-likeness (QED) is 0.260. The van der Waals surface area contributed by atoms with E-state index in [1.165, 1.54) is 4.68 Å². The summed E-state index contributed by atoms with van der Waals surface area (Å²) in [5, 5.41) is 14.0. The number of hydrogen-bond donors (Lipinski definition) is 1. The van der Waals surface area contributed by atoms with E-state index in [1.807, 2.05) is 42.5 Å². The Morgan fingerprint density at radius 2 is 1.71 bits per heavy atom. The molecule has 42 heavy (non-hydrogen) atoms. The summed E-state index contributed by atoms with van der Waals surface area (Å²) in [6.07, 6.45) is -3.03. The minimum atomic E-state index is -2.96. The lowest BCUT2D eigenvalue weighted by molar-refractivity contribution is 0.0680. The zero-order chi connectivity index (χ0) is 29.1. The van der Waals surface area contributed by atoms with Gasteiger partial charge in [-0.15, -0.1) is 12.4 Å². The molecule has 2 aliphatic heterocycles. The fourth-order valence-electron chi connectivity index (χ4n) is 5.79. The molecule has 0 aliphatic carbocycles. The maximum atomic E-state index is 13.9.